The summed E-state index contributed by atoms with van der Waals surface area (Å²) in [7, 11) is 0. The lowest BCUT2D eigenvalue weighted by Gasteiger charge is -2.19. The van der Waals surface area contributed by atoms with Gasteiger partial charge >= 0.3 is 0 Å². The predicted octanol–water partition coefficient (Wildman–Crippen LogP) is 8.84. The van der Waals surface area contributed by atoms with Gasteiger partial charge in [-0.15, -0.1) is 11.3 Å². The van der Waals surface area contributed by atoms with Crippen molar-refractivity contribution in [1.29, 1.82) is 0 Å². The van der Waals surface area contributed by atoms with Crippen LogP contribution in [0.2, 0.25) is 0 Å². The molecule has 0 aliphatic heterocycles. The molecule has 0 atom stereocenters. The van der Waals surface area contributed by atoms with Gasteiger partial charge in [0.15, 0.2) is 0 Å². The van der Waals surface area contributed by atoms with Gasteiger partial charge in [-0.05, 0) is 77.4 Å². The first kappa shape index (κ1) is 20.8. The molecule has 0 spiro atoms. The molecule has 0 N–H and O–H groups in total. The summed E-state index contributed by atoms with van der Waals surface area (Å²) in [5.74, 6) is -0.179. The van der Waals surface area contributed by atoms with E-state index < -0.39 is 0 Å². The second-order valence-corrected chi connectivity index (χ2v) is 10.6. The third kappa shape index (κ3) is 3.41. The zero-order valence-corrected chi connectivity index (χ0v) is 19.9. The van der Waals surface area contributed by atoms with Crippen molar-refractivity contribution in [3.05, 3.63) is 89.4 Å². The lowest BCUT2D eigenvalue weighted by Crippen LogP contribution is -2.11. The molecule has 0 aliphatic carbocycles. The van der Waals surface area contributed by atoms with Gasteiger partial charge in [-0.25, -0.2) is 4.39 Å². The van der Waals surface area contributed by atoms with Gasteiger partial charge in [-0.3, -0.25) is 4.98 Å². The van der Waals surface area contributed by atoms with E-state index in [0.29, 0.717) is 5.39 Å². The Balaban J connectivity index is 1.75. The number of rotatable bonds is 2. The molecule has 0 radical (unpaired) electrons. The van der Waals surface area contributed by atoms with E-state index >= 15 is 4.39 Å². The lowest BCUT2D eigenvalue weighted by atomic mass is 9.87. The molecular formula is C29H26FNS. The van der Waals surface area contributed by atoms with E-state index in [1.807, 2.05) is 12.3 Å². The Bertz CT molecular complexity index is 1470. The number of hydrogen-bond acceptors (Lipinski definition) is 2. The second-order valence-electron chi connectivity index (χ2n) is 9.56. The quantitative estimate of drug-likeness (QED) is 0.268. The zero-order valence-electron chi connectivity index (χ0n) is 19.1. The summed E-state index contributed by atoms with van der Waals surface area (Å²) in [5, 5.41) is 1.66. The first-order valence-electron chi connectivity index (χ1n) is 10.9. The molecular weight excluding hydrogens is 413 g/mol. The SMILES string of the molecule is Cc1cccc(C)c1-c1ccc2c(c1)sc1c(-c3cc(C(C)(C)C)ccn3)ccc(F)c12. The number of fused-ring (bicyclic) bond motifs is 3. The fourth-order valence-electron chi connectivity index (χ4n) is 4.51. The van der Waals surface area contributed by atoms with Gasteiger partial charge in [0, 0.05) is 31.9 Å². The number of halogens is 1. The molecule has 5 aromatic rings. The van der Waals surface area contributed by atoms with Gasteiger partial charge in [0.2, 0.25) is 0 Å². The Labute approximate surface area is 192 Å². The number of pyridine rings is 1. The molecule has 0 amide bonds. The summed E-state index contributed by atoms with van der Waals surface area (Å²) < 4.78 is 17.1. The molecule has 2 heterocycles. The van der Waals surface area contributed by atoms with E-state index in [4.69, 9.17) is 0 Å². The molecule has 32 heavy (non-hydrogen) atoms. The van der Waals surface area contributed by atoms with Gasteiger partial charge in [-0.2, -0.15) is 0 Å². The topological polar surface area (TPSA) is 12.9 Å². The molecule has 3 heteroatoms. The van der Waals surface area contributed by atoms with Gasteiger partial charge in [0.1, 0.15) is 5.82 Å². The second kappa shape index (κ2) is 7.53. The van der Waals surface area contributed by atoms with Crippen molar-refractivity contribution in [3.8, 4) is 22.4 Å². The average Bonchev–Trinajstić information content (AvgIpc) is 3.13. The van der Waals surface area contributed by atoms with Crippen molar-refractivity contribution in [2.75, 3.05) is 0 Å². The Morgan fingerprint density at radius 2 is 1.62 bits per heavy atom. The maximum atomic E-state index is 15.1. The zero-order chi connectivity index (χ0) is 22.6. The standard InChI is InChI=1S/C29H26FNS/c1-17-7-6-8-18(2)26(17)19-9-10-22-25(15-19)32-28-21(11-12-23(30)27(22)28)24-16-20(13-14-31-24)29(3,4)5/h6-16H,1-5H3. The highest BCUT2D eigenvalue weighted by molar-refractivity contribution is 7.26. The minimum atomic E-state index is -0.179. The molecule has 0 saturated carbocycles. The van der Waals surface area contributed by atoms with Crippen LogP contribution in [0, 0.1) is 19.7 Å². The van der Waals surface area contributed by atoms with Crippen LogP contribution >= 0.6 is 11.3 Å². The molecule has 0 fully saturated rings. The van der Waals surface area contributed by atoms with Crippen LogP contribution < -0.4 is 0 Å². The van der Waals surface area contributed by atoms with Crippen LogP contribution in [-0.2, 0) is 5.41 Å². The largest absolute Gasteiger partial charge is 0.256 e. The van der Waals surface area contributed by atoms with E-state index in [0.717, 1.165) is 26.0 Å². The smallest absolute Gasteiger partial charge is 0.132 e. The Hall–Kier alpha value is -3.04. The Kier molecular flexibility index (Phi) is 4.90. The van der Waals surface area contributed by atoms with Crippen molar-refractivity contribution >= 4 is 31.5 Å². The van der Waals surface area contributed by atoms with Crippen LogP contribution in [0.4, 0.5) is 4.39 Å². The summed E-state index contributed by atoms with van der Waals surface area (Å²) in [6.45, 7) is 10.9. The van der Waals surface area contributed by atoms with E-state index in [1.54, 1.807) is 17.4 Å². The molecule has 0 unspecified atom stereocenters. The van der Waals surface area contributed by atoms with Crippen molar-refractivity contribution in [3.63, 3.8) is 0 Å². The Morgan fingerprint density at radius 1 is 0.875 bits per heavy atom. The van der Waals surface area contributed by atoms with Gasteiger partial charge in [-0.1, -0.05) is 51.1 Å². The van der Waals surface area contributed by atoms with Crippen molar-refractivity contribution in [2.45, 2.75) is 40.0 Å². The molecule has 1 nitrogen and oxygen atoms in total. The molecule has 3 aromatic carbocycles. The molecule has 5 rings (SSSR count). The Morgan fingerprint density at radius 3 is 2.34 bits per heavy atom. The van der Waals surface area contributed by atoms with Crippen LogP contribution in [0.1, 0.15) is 37.5 Å². The number of thiophene rings is 1. The van der Waals surface area contributed by atoms with Crippen LogP contribution in [0.3, 0.4) is 0 Å². The van der Waals surface area contributed by atoms with E-state index in [-0.39, 0.29) is 11.2 Å². The maximum Gasteiger partial charge on any atom is 0.132 e. The minimum Gasteiger partial charge on any atom is -0.256 e. The van der Waals surface area contributed by atoms with Crippen LogP contribution in [0.5, 0.6) is 0 Å². The predicted molar refractivity (Wildman–Crippen MR) is 136 cm³/mol. The number of aryl methyl sites for hydroxylation is 2. The summed E-state index contributed by atoms with van der Waals surface area (Å²) >= 11 is 1.65. The first-order chi connectivity index (χ1) is 15.2. The lowest BCUT2D eigenvalue weighted by molar-refractivity contribution is 0.589. The van der Waals surface area contributed by atoms with Crippen LogP contribution in [0.25, 0.3) is 42.6 Å². The van der Waals surface area contributed by atoms with Gasteiger partial charge in [0.05, 0.1) is 5.69 Å². The van der Waals surface area contributed by atoms with Crippen molar-refractivity contribution in [2.24, 2.45) is 0 Å². The number of benzene rings is 3. The summed E-state index contributed by atoms with van der Waals surface area (Å²) in [5.41, 5.74) is 8.06. The highest BCUT2D eigenvalue weighted by Crippen LogP contribution is 2.43. The molecule has 0 saturated heterocycles. The van der Waals surface area contributed by atoms with Crippen molar-refractivity contribution < 1.29 is 4.39 Å². The summed E-state index contributed by atoms with van der Waals surface area (Å²) in [6, 6.07) is 20.4. The van der Waals surface area contributed by atoms with Gasteiger partial charge in [0.25, 0.3) is 0 Å². The molecule has 0 aliphatic rings. The fourth-order valence-corrected chi connectivity index (χ4v) is 5.79. The molecule has 2 aromatic heterocycles. The van der Waals surface area contributed by atoms with Crippen LogP contribution in [0.15, 0.2) is 66.9 Å². The highest BCUT2D eigenvalue weighted by Gasteiger charge is 2.19. The monoisotopic (exact) mass is 439 g/mol. The third-order valence-corrected chi connectivity index (χ3v) is 7.43. The number of nitrogens with zero attached hydrogens (tertiary/aromatic N) is 1. The maximum absolute atomic E-state index is 15.1. The fraction of sp³-hybridized carbons (Fsp3) is 0.207. The van der Waals surface area contributed by atoms with Crippen molar-refractivity contribution in [1.82, 2.24) is 4.98 Å². The number of hydrogen-bond donors (Lipinski definition) is 0. The van der Waals surface area contributed by atoms with Gasteiger partial charge < -0.3 is 0 Å². The molecule has 160 valence electrons. The molecule has 0 bridgehead atoms. The number of aromatic nitrogens is 1. The highest BCUT2D eigenvalue weighted by atomic mass is 32.1. The minimum absolute atomic E-state index is 0.0251. The average molecular weight is 440 g/mol. The summed E-state index contributed by atoms with van der Waals surface area (Å²) in [6.07, 6.45) is 1.86. The van der Waals surface area contributed by atoms with E-state index in [9.17, 15) is 0 Å². The normalized spacial score (nSPS) is 12.1. The third-order valence-electron chi connectivity index (χ3n) is 6.24. The van der Waals surface area contributed by atoms with Crippen LogP contribution in [-0.4, -0.2) is 4.98 Å². The van der Waals surface area contributed by atoms with E-state index in [2.05, 4.69) is 88.1 Å². The first-order valence-corrected chi connectivity index (χ1v) is 11.7. The summed E-state index contributed by atoms with van der Waals surface area (Å²) in [4.78, 5) is 4.65. The van der Waals surface area contributed by atoms with E-state index in [1.165, 1.54) is 27.8 Å².